The minimum Gasteiger partial charge on any atom is -0.493 e. The van der Waals surface area contributed by atoms with Gasteiger partial charge in [-0.15, -0.1) is 0 Å². The molecule has 1 aromatic heterocycles. The topological polar surface area (TPSA) is 46.2 Å². The predicted molar refractivity (Wildman–Crippen MR) is 96.0 cm³/mol. The summed E-state index contributed by atoms with van der Waals surface area (Å²) in [5.74, 6) is 1.65. The molecule has 0 atom stereocenters. The third-order valence-electron chi connectivity index (χ3n) is 4.06. The number of ether oxygens (including phenoxy) is 1. The van der Waals surface area contributed by atoms with Gasteiger partial charge < -0.3 is 9.15 Å². The van der Waals surface area contributed by atoms with Crippen LogP contribution in [0.3, 0.4) is 0 Å². The Hall–Kier alpha value is -2.73. The molecule has 0 aliphatic carbocycles. The zero-order chi connectivity index (χ0) is 16.8. The Labute approximate surface area is 142 Å². The fraction of sp³-hybridized carbons (Fsp3) is 0.286. The van der Waals surface area contributed by atoms with Crippen LogP contribution in [0.15, 0.2) is 52.9 Å². The fourth-order valence-corrected chi connectivity index (χ4v) is 2.67. The van der Waals surface area contributed by atoms with Crippen molar-refractivity contribution in [2.24, 2.45) is 0 Å². The summed E-state index contributed by atoms with van der Waals surface area (Å²) in [6.45, 7) is 2.95. The monoisotopic (exact) mass is 319 g/mol. The average Bonchev–Trinajstić information content (AvgIpc) is 3.05. The van der Waals surface area contributed by atoms with Crippen molar-refractivity contribution < 1.29 is 9.15 Å². The predicted octanol–water partition coefficient (Wildman–Crippen LogP) is 5.93. The summed E-state index contributed by atoms with van der Waals surface area (Å²) in [6.07, 6.45) is 4.79. The first-order chi connectivity index (χ1) is 11.8. The average molecular weight is 319 g/mol. The Morgan fingerprint density at radius 1 is 1.00 bits per heavy atom. The third kappa shape index (κ3) is 3.78. The minimum atomic E-state index is 0.647. The highest BCUT2D eigenvalue weighted by atomic mass is 16.5. The van der Waals surface area contributed by atoms with Crippen LogP contribution < -0.4 is 4.74 Å². The van der Waals surface area contributed by atoms with Crippen LogP contribution in [0.5, 0.6) is 5.75 Å². The van der Waals surface area contributed by atoms with Gasteiger partial charge in [0.25, 0.3) is 0 Å². The van der Waals surface area contributed by atoms with Crippen LogP contribution in [0.1, 0.15) is 38.2 Å². The van der Waals surface area contributed by atoms with Crippen LogP contribution in [0.2, 0.25) is 0 Å². The van der Waals surface area contributed by atoms with E-state index in [1.54, 1.807) is 12.1 Å². The molecule has 0 aliphatic rings. The zero-order valence-corrected chi connectivity index (χ0v) is 13.9. The number of furan rings is 1. The Morgan fingerprint density at radius 2 is 1.83 bits per heavy atom. The molecule has 0 saturated heterocycles. The summed E-state index contributed by atoms with van der Waals surface area (Å²) in [6, 6.07) is 17.5. The Morgan fingerprint density at radius 3 is 2.58 bits per heavy atom. The lowest BCUT2D eigenvalue weighted by atomic mass is 10.1. The van der Waals surface area contributed by atoms with E-state index in [2.05, 4.69) is 13.0 Å². The van der Waals surface area contributed by atoms with E-state index in [-0.39, 0.29) is 0 Å². The number of rotatable bonds is 7. The van der Waals surface area contributed by atoms with E-state index in [9.17, 15) is 0 Å². The molecular weight excluding hydrogens is 298 g/mol. The Bertz CT molecular complexity index is 840. The van der Waals surface area contributed by atoms with Crippen molar-refractivity contribution in [3.63, 3.8) is 0 Å². The van der Waals surface area contributed by atoms with E-state index in [0.717, 1.165) is 41.1 Å². The largest absolute Gasteiger partial charge is 0.493 e. The van der Waals surface area contributed by atoms with E-state index in [1.165, 1.54) is 19.3 Å². The summed E-state index contributed by atoms with van der Waals surface area (Å²) in [5.41, 5.74) is 2.43. The van der Waals surface area contributed by atoms with Gasteiger partial charge in [0.05, 0.1) is 18.2 Å². The van der Waals surface area contributed by atoms with E-state index in [0.29, 0.717) is 5.56 Å². The highest BCUT2D eigenvalue weighted by Gasteiger charge is 2.07. The molecule has 0 saturated carbocycles. The highest BCUT2D eigenvalue weighted by molar-refractivity contribution is 5.84. The lowest BCUT2D eigenvalue weighted by Gasteiger charge is -2.05. The van der Waals surface area contributed by atoms with Gasteiger partial charge >= 0.3 is 0 Å². The van der Waals surface area contributed by atoms with Crippen LogP contribution in [0.25, 0.3) is 22.3 Å². The molecular formula is C21H21NO2. The third-order valence-corrected chi connectivity index (χ3v) is 4.06. The number of hydrogen-bond donors (Lipinski definition) is 0. The molecule has 0 N–H and O–H groups in total. The molecule has 122 valence electrons. The normalized spacial score (nSPS) is 10.7. The Kier molecular flexibility index (Phi) is 5.18. The van der Waals surface area contributed by atoms with Crippen LogP contribution >= 0.6 is 0 Å². The van der Waals surface area contributed by atoms with Gasteiger partial charge in [0.15, 0.2) is 0 Å². The maximum Gasteiger partial charge on any atom is 0.138 e. The molecule has 0 aliphatic heterocycles. The van der Waals surface area contributed by atoms with Gasteiger partial charge in [0, 0.05) is 17.0 Å². The molecule has 1 heterocycles. The van der Waals surface area contributed by atoms with E-state index < -0.39 is 0 Å². The number of benzene rings is 2. The number of unbranched alkanes of at least 4 members (excludes halogenated alkanes) is 3. The van der Waals surface area contributed by atoms with Crippen molar-refractivity contribution >= 4 is 11.0 Å². The van der Waals surface area contributed by atoms with Gasteiger partial charge in [-0.05, 0) is 48.9 Å². The molecule has 3 nitrogen and oxygen atoms in total. The van der Waals surface area contributed by atoms with Crippen LogP contribution in [-0.2, 0) is 0 Å². The van der Waals surface area contributed by atoms with E-state index in [1.807, 2.05) is 36.4 Å². The first-order valence-corrected chi connectivity index (χ1v) is 8.47. The second-order valence-corrected chi connectivity index (χ2v) is 5.91. The fourth-order valence-electron chi connectivity index (χ4n) is 2.67. The first kappa shape index (κ1) is 16.1. The Balaban J connectivity index is 1.72. The van der Waals surface area contributed by atoms with Gasteiger partial charge in [-0.25, -0.2) is 0 Å². The summed E-state index contributed by atoms with van der Waals surface area (Å²) in [4.78, 5) is 0. The van der Waals surface area contributed by atoms with Gasteiger partial charge in [-0.1, -0.05) is 26.2 Å². The van der Waals surface area contributed by atoms with Gasteiger partial charge in [-0.3, -0.25) is 0 Å². The number of nitriles is 1. The summed E-state index contributed by atoms with van der Waals surface area (Å²) in [7, 11) is 0. The van der Waals surface area contributed by atoms with Crippen LogP contribution in [0.4, 0.5) is 0 Å². The quantitative estimate of drug-likeness (QED) is 0.507. The van der Waals surface area contributed by atoms with Crippen molar-refractivity contribution in [3.8, 4) is 23.1 Å². The molecule has 0 bridgehead atoms. The summed E-state index contributed by atoms with van der Waals surface area (Å²) in [5, 5.41) is 9.92. The van der Waals surface area contributed by atoms with E-state index in [4.69, 9.17) is 14.4 Å². The van der Waals surface area contributed by atoms with Crippen molar-refractivity contribution in [2.45, 2.75) is 32.6 Å². The van der Waals surface area contributed by atoms with Crippen molar-refractivity contribution in [1.29, 1.82) is 5.26 Å². The van der Waals surface area contributed by atoms with Gasteiger partial charge in [0.1, 0.15) is 17.1 Å². The zero-order valence-electron chi connectivity index (χ0n) is 13.9. The molecule has 24 heavy (non-hydrogen) atoms. The van der Waals surface area contributed by atoms with Gasteiger partial charge in [0.2, 0.25) is 0 Å². The van der Waals surface area contributed by atoms with Crippen molar-refractivity contribution in [2.75, 3.05) is 6.61 Å². The summed E-state index contributed by atoms with van der Waals surface area (Å²) >= 11 is 0. The maximum absolute atomic E-state index is 8.88. The molecule has 0 amide bonds. The van der Waals surface area contributed by atoms with Gasteiger partial charge in [-0.2, -0.15) is 5.26 Å². The lowest BCUT2D eigenvalue weighted by Crippen LogP contribution is -1.96. The SMILES string of the molecule is CCCCCCOc1ccc2cc(-c3ccc(C#N)cc3)oc2c1. The maximum atomic E-state index is 8.88. The van der Waals surface area contributed by atoms with Crippen molar-refractivity contribution in [1.82, 2.24) is 0 Å². The molecule has 3 rings (SSSR count). The smallest absolute Gasteiger partial charge is 0.138 e. The van der Waals surface area contributed by atoms with E-state index >= 15 is 0 Å². The van der Waals surface area contributed by atoms with Crippen LogP contribution in [-0.4, -0.2) is 6.61 Å². The second kappa shape index (κ2) is 7.70. The van der Waals surface area contributed by atoms with Crippen molar-refractivity contribution in [3.05, 3.63) is 54.1 Å². The first-order valence-electron chi connectivity index (χ1n) is 8.47. The number of hydrogen-bond acceptors (Lipinski definition) is 3. The lowest BCUT2D eigenvalue weighted by molar-refractivity contribution is 0.305. The molecule has 2 aromatic carbocycles. The molecule has 0 unspecified atom stereocenters. The number of fused-ring (bicyclic) bond motifs is 1. The molecule has 3 aromatic rings. The molecule has 0 fully saturated rings. The molecule has 0 radical (unpaired) electrons. The second-order valence-electron chi connectivity index (χ2n) is 5.91. The van der Waals surface area contributed by atoms with Crippen LogP contribution in [0, 0.1) is 11.3 Å². The summed E-state index contributed by atoms with van der Waals surface area (Å²) < 4.78 is 11.8. The minimum absolute atomic E-state index is 0.647. The molecule has 3 heteroatoms. The standard InChI is InChI=1S/C21H21NO2/c1-2-3-4-5-12-23-19-11-10-18-13-20(24-21(18)14-19)17-8-6-16(15-22)7-9-17/h6-11,13-14H,2-5,12H2,1H3. The molecule has 0 spiro atoms. The highest BCUT2D eigenvalue weighted by Crippen LogP contribution is 2.30. The number of nitrogens with zero attached hydrogens (tertiary/aromatic N) is 1.